The molecule has 1 unspecified atom stereocenters. The molecule has 0 saturated heterocycles. The Kier molecular flexibility index (Phi) is 3.27. The van der Waals surface area contributed by atoms with E-state index in [1.54, 1.807) is 18.4 Å². The second-order valence-electron chi connectivity index (χ2n) is 4.94. The van der Waals surface area contributed by atoms with E-state index in [0.717, 1.165) is 13.0 Å². The van der Waals surface area contributed by atoms with Gasteiger partial charge in [0, 0.05) is 18.5 Å². The van der Waals surface area contributed by atoms with Crippen LogP contribution >= 0.6 is 11.3 Å². The zero-order valence-corrected chi connectivity index (χ0v) is 11.6. The Bertz CT molecular complexity index is 425. The van der Waals surface area contributed by atoms with Gasteiger partial charge in [-0.05, 0) is 44.2 Å². The molecule has 1 amide bonds. The second kappa shape index (κ2) is 4.42. The Balaban J connectivity index is 2.23. The van der Waals surface area contributed by atoms with Gasteiger partial charge in [-0.1, -0.05) is 0 Å². The minimum absolute atomic E-state index is 0.0735. The Morgan fingerprint density at radius 1 is 1.59 bits per heavy atom. The first-order chi connectivity index (χ1) is 7.97. The Labute approximate surface area is 106 Å². The van der Waals surface area contributed by atoms with E-state index < -0.39 is 5.60 Å². The molecule has 1 aliphatic heterocycles. The lowest BCUT2D eigenvalue weighted by Gasteiger charge is -2.38. The smallest absolute Gasteiger partial charge is 0.254 e. The number of carbonyl (C=O) groups excluding carboxylic acids is 1. The van der Waals surface area contributed by atoms with Crippen molar-refractivity contribution in [3.8, 4) is 0 Å². The van der Waals surface area contributed by atoms with Crippen LogP contribution in [0, 0.1) is 0 Å². The molecule has 0 spiro atoms. The topological polar surface area (TPSA) is 29.5 Å². The summed E-state index contributed by atoms with van der Waals surface area (Å²) in [5, 5.41) is 2.11. The van der Waals surface area contributed by atoms with E-state index in [1.807, 2.05) is 18.7 Å². The van der Waals surface area contributed by atoms with Gasteiger partial charge in [0.2, 0.25) is 0 Å². The number of ether oxygens (including phenoxy) is 1. The van der Waals surface area contributed by atoms with Crippen LogP contribution in [-0.2, 0) is 16.0 Å². The predicted octanol–water partition coefficient (Wildman–Crippen LogP) is 2.62. The van der Waals surface area contributed by atoms with E-state index in [1.165, 1.54) is 10.4 Å². The Morgan fingerprint density at radius 2 is 2.29 bits per heavy atom. The molecule has 0 bridgehead atoms. The normalized spacial score (nSPS) is 20.2. The molecule has 3 nitrogen and oxygen atoms in total. The number of amides is 1. The van der Waals surface area contributed by atoms with Crippen molar-refractivity contribution in [2.24, 2.45) is 0 Å². The van der Waals surface area contributed by atoms with Crippen LogP contribution in [0.1, 0.15) is 37.3 Å². The molecule has 0 radical (unpaired) electrons. The summed E-state index contributed by atoms with van der Waals surface area (Å²) in [6.45, 7) is 6.53. The molecule has 17 heavy (non-hydrogen) atoms. The fourth-order valence-corrected chi connectivity index (χ4v) is 3.18. The number of hydrogen-bond acceptors (Lipinski definition) is 3. The quantitative estimate of drug-likeness (QED) is 0.811. The van der Waals surface area contributed by atoms with Gasteiger partial charge in [-0.25, -0.2) is 0 Å². The highest BCUT2D eigenvalue weighted by Gasteiger charge is 2.37. The number of thiophene rings is 1. The van der Waals surface area contributed by atoms with E-state index in [9.17, 15) is 4.79 Å². The summed E-state index contributed by atoms with van der Waals surface area (Å²) in [6.07, 6.45) is 0.961. The summed E-state index contributed by atoms with van der Waals surface area (Å²) < 4.78 is 5.28. The monoisotopic (exact) mass is 253 g/mol. The van der Waals surface area contributed by atoms with Crippen LogP contribution in [-0.4, -0.2) is 30.1 Å². The first-order valence-corrected chi connectivity index (χ1v) is 6.78. The molecule has 0 aliphatic carbocycles. The lowest BCUT2D eigenvalue weighted by Crippen LogP contribution is -2.49. The summed E-state index contributed by atoms with van der Waals surface area (Å²) in [5.74, 6) is 0.0735. The van der Waals surface area contributed by atoms with Crippen LogP contribution in [0.5, 0.6) is 0 Å². The lowest BCUT2D eigenvalue weighted by atomic mass is 9.98. The average Bonchev–Trinajstić information content (AvgIpc) is 2.78. The van der Waals surface area contributed by atoms with Crippen LogP contribution in [0.15, 0.2) is 11.4 Å². The Hall–Kier alpha value is -0.870. The lowest BCUT2D eigenvalue weighted by molar-refractivity contribution is -0.153. The third kappa shape index (κ3) is 2.11. The maximum Gasteiger partial charge on any atom is 0.254 e. The van der Waals surface area contributed by atoms with E-state index in [4.69, 9.17) is 4.74 Å². The van der Waals surface area contributed by atoms with Crippen molar-refractivity contribution in [3.05, 3.63) is 21.9 Å². The molecule has 4 heteroatoms. The first kappa shape index (κ1) is 12.6. The SMILES string of the molecule is COC(C)(C)C(=O)N1CCc2sccc2C1C. The molecular weight excluding hydrogens is 234 g/mol. The Morgan fingerprint density at radius 3 is 2.94 bits per heavy atom. The predicted molar refractivity (Wildman–Crippen MR) is 69.2 cm³/mol. The molecule has 2 heterocycles. The fourth-order valence-electron chi connectivity index (χ4n) is 2.22. The van der Waals surface area contributed by atoms with Gasteiger partial charge in [-0.3, -0.25) is 4.79 Å². The average molecular weight is 253 g/mol. The fraction of sp³-hybridized carbons (Fsp3) is 0.615. The van der Waals surface area contributed by atoms with Gasteiger partial charge in [0.1, 0.15) is 5.60 Å². The summed E-state index contributed by atoms with van der Waals surface area (Å²) in [6, 6.07) is 2.29. The van der Waals surface area contributed by atoms with Gasteiger partial charge in [0.15, 0.2) is 0 Å². The maximum absolute atomic E-state index is 12.4. The summed E-state index contributed by atoms with van der Waals surface area (Å²) >= 11 is 1.79. The highest BCUT2D eigenvalue weighted by atomic mass is 32.1. The third-order valence-electron chi connectivity index (χ3n) is 3.56. The van der Waals surface area contributed by atoms with Crippen molar-refractivity contribution >= 4 is 17.2 Å². The van der Waals surface area contributed by atoms with Crippen molar-refractivity contribution in [2.75, 3.05) is 13.7 Å². The molecule has 1 aromatic heterocycles. The minimum Gasteiger partial charge on any atom is -0.369 e. The van der Waals surface area contributed by atoms with Gasteiger partial charge >= 0.3 is 0 Å². The van der Waals surface area contributed by atoms with Crippen molar-refractivity contribution in [3.63, 3.8) is 0 Å². The number of fused-ring (bicyclic) bond motifs is 1. The van der Waals surface area contributed by atoms with Crippen molar-refractivity contribution in [1.82, 2.24) is 4.90 Å². The largest absolute Gasteiger partial charge is 0.369 e. The molecule has 2 rings (SSSR count). The number of methoxy groups -OCH3 is 1. The molecule has 0 saturated carbocycles. The van der Waals surface area contributed by atoms with E-state index >= 15 is 0 Å². The summed E-state index contributed by atoms with van der Waals surface area (Å²) in [5.41, 5.74) is 0.559. The zero-order chi connectivity index (χ0) is 12.6. The number of rotatable bonds is 2. The van der Waals surface area contributed by atoms with E-state index in [0.29, 0.717) is 0 Å². The zero-order valence-electron chi connectivity index (χ0n) is 10.8. The third-order valence-corrected chi connectivity index (χ3v) is 4.56. The van der Waals surface area contributed by atoms with Crippen LogP contribution < -0.4 is 0 Å². The van der Waals surface area contributed by atoms with Gasteiger partial charge in [0.05, 0.1) is 6.04 Å². The van der Waals surface area contributed by atoms with Gasteiger partial charge in [0.25, 0.3) is 5.91 Å². The van der Waals surface area contributed by atoms with Crippen LogP contribution in [0.4, 0.5) is 0 Å². The number of nitrogens with zero attached hydrogens (tertiary/aromatic N) is 1. The molecule has 1 atom stereocenters. The molecule has 0 fully saturated rings. The minimum atomic E-state index is -0.734. The molecule has 94 valence electrons. The van der Waals surface area contributed by atoms with Crippen LogP contribution in [0.3, 0.4) is 0 Å². The van der Waals surface area contributed by atoms with E-state index in [2.05, 4.69) is 18.4 Å². The molecule has 0 aromatic carbocycles. The van der Waals surface area contributed by atoms with Gasteiger partial charge in [-0.15, -0.1) is 11.3 Å². The first-order valence-electron chi connectivity index (χ1n) is 5.90. The molecule has 1 aromatic rings. The highest BCUT2D eigenvalue weighted by Crippen LogP contribution is 2.34. The van der Waals surface area contributed by atoms with Crippen molar-refractivity contribution in [1.29, 1.82) is 0 Å². The molecule has 0 N–H and O–H groups in total. The second-order valence-corrected chi connectivity index (χ2v) is 5.94. The summed E-state index contributed by atoms with van der Waals surface area (Å²) in [4.78, 5) is 15.7. The van der Waals surface area contributed by atoms with Gasteiger partial charge < -0.3 is 9.64 Å². The van der Waals surface area contributed by atoms with Crippen molar-refractivity contribution < 1.29 is 9.53 Å². The van der Waals surface area contributed by atoms with Gasteiger partial charge in [-0.2, -0.15) is 0 Å². The van der Waals surface area contributed by atoms with Crippen LogP contribution in [0.25, 0.3) is 0 Å². The molecule has 1 aliphatic rings. The van der Waals surface area contributed by atoms with E-state index in [-0.39, 0.29) is 11.9 Å². The summed E-state index contributed by atoms with van der Waals surface area (Å²) in [7, 11) is 1.59. The number of hydrogen-bond donors (Lipinski definition) is 0. The number of carbonyl (C=O) groups is 1. The molecular formula is C13H19NO2S. The van der Waals surface area contributed by atoms with Crippen molar-refractivity contribution in [2.45, 2.75) is 38.8 Å². The van der Waals surface area contributed by atoms with Crippen LogP contribution in [0.2, 0.25) is 0 Å². The highest BCUT2D eigenvalue weighted by molar-refractivity contribution is 7.10. The maximum atomic E-state index is 12.4. The standard InChI is InChI=1S/C13H19NO2S/c1-9-10-6-8-17-11(10)5-7-14(9)12(15)13(2,3)16-4/h6,8-9H,5,7H2,1-4H3.